The van der Waals surface area contributed by atoms with Crippen LogP contribution in [0.25, 0.3) is 0 Å². The van der Waals surface area contributed by atoms with Gasteiger partial charge in [0.25, 0.3) is 10.0 Å². The molecule has 0 radical (unpaired) electrons. The van der Waals surface area contributed by atoms with Crippen LogP contribution in [0.5, 0.6) is 17.2 Å². The van der Waals surface area contributed by atoms with E-state index in [0.717, 1.165) is 31.2 Å². The maximum Gasteiger partial charge on any atom is 0.340 e. The summed E-state index contributed by atoms with van der Waals surface area (Å²) in [4.78, 5) is 12.5. The fourth-order valence-electron chi connectivity index (χ4n) is 3.60. The number of carbonyl (C=O) groups is 1. The van der Waals surface area contributed by atoms with Gasteiger partial charge in [0.05, 0.1) is 38.9 Å². The third-order valence-electron chi connectivity index (χ3n) is 5.10. The summed E-state index contributed by atoms with van der Waals surface area (Å²) in [6, 6.07) is 6.44. The maximum absolute atomic E-state index is 13.2. The molecule has 2 aromatic carbocycles. The van der Waals surface area contributed by atoms with Crippen LogP contribution in [0.3, 0.4) is 0 Å². The molecule has 1 N–H and O–H groups in total. The van der Waals surface area contributed by atoms with Gasteiger partial charge in [0.2, 0.25) is 5.75 Å². The van der Waals surface area contributed by atoms with E-state index in [4.69, 9.17) is 18.9 Å². The van der Waals surface area contributed by atoms with Gasteiger partial charge in [-0.25, -0.2) is 13.2 Å². The molecule has 1 aliphatic carbocycles. The maximum atomic E-state index is 13.2. The molecule has 0 spiro atoms. The first-order chi connectivity index (χ1) is 14.4. The van der Waals surface area contributed by atoms with E-state index in [2.05, 4.69) is 4.72 Å². The van der Waals surface area contributed by atoms with E-state index >= 15 is 0 Å². The monoisotopic (exact) mass is 435 g/mol. The topological polar surface area (TPSA) is 100 Å². The largest absolute Gasteiger partial charge is 0.493 e. The lowest BCUT2D eigenvalue weighted by molar-refractivity contribution is 0.0601. The molecule has 0 amide bonds. The Kier molecular flexibility index (Phi) is 6.40. The van der Waals surface area contributed by atoms with Gasteiger partial charge in [0, 0.05) is 6.07 Å². The van der Waals surface area contributed by atoms with E-state index in [-0.39, 0.29) is 33.4 Å². The highest BCUT2D eigenvalue weighted by Gasteiger charge is 2.29. The number of aryl methyl sites for hydroxylation is 2. The molecular formula is C21H25NO7S. The fourth-order valence-corrected chi connectivity index (χ4v) is 4.73. The minimum absolute atomic E-state index is 0.0128. The van der Waals surface area contributed by atoms with Crippen LogP contribution in [-0.2, 0) is 27.6 Å². The molecular weight excluding hydrogens is 410 g/mol. The Morgan fingerprint density at radius 1 is 0.900 bits per heavy atom. The predicted octanol–water partition coefficient (Wildman–Crippen LogP) is 3.18. The van der Waals surface area contributed by atoms with Gasteiger partial charge in [-0.15, -0.1) is 0 Å². The van der Waals surface area contributed by atoms with Gasteiger partial charge in [0.1, 0.15) is 5.69 Å². The minimum Gasteiger partial charge on any atom is -0.493 e. The molecule has 2 aromatic rings. The molecule has 0 aromatic heterocycles. The summed E-state index contributed by atoms with van der Waals surface area (Å²) in [5, 5.41) is 0. The van der Waals surface area contributed by atoms with Gasteiger partial charge < -0.3 is 18.9 Å². The summed E-state index contributed by atoms with van der Waals surface area (Å²) in [5.74, 6) is -0.390. The molecule has 0 heterocycles. The van der Waals surface area contributed by atoms with Crippen molar-refractivity contribution in [3.05, 3.63) is 41.0 Å². The van der Waals surface area contributed by atoms with E-state index in [0.29, 0.717) is 0 Å². The highest BCUT2D eigenvalue weighted by molar-refractivity contribution is 7.92. The number of rotatable bonds is 7. The van der Waals surface area contributed by atoms with Crippen molar-refractivity contribution in [1.29, 1.82) is 0 Å². The van der Waals surface area contributed by atoms with Gasteiger partial charge in [0.15, 0.2) is 11.5 Å². The van der Waals surface area contributed by atoms with Crippen LogP contribution >= 0.6 is 0 Å². The first-order valence-electron chi connectivity index (χ1n) is 9.42. The van der Waals surface area contributed by atoms with Crippen molar-refractivity contribution in [2.75, 3.05) is 33.2 Å². The van der Waals surface area contributed by atoms with Crippen LogP contribution in [0.1, 0.15) is 34.3 Å². The van der Waals surface area contributed by atoms with Crippen molar-refractivity contribution < 1.29 is 32.2 Å². The molecule has 0 saturated carbocycles. The zero-order valence-corrected chi connectivity index (χ0v) is 18.2. The minimum atomic E-state index is -4.02. The number of ether oxygens (including phenoxy) is 4. The van der Waals surface area contributed by atoms with Crippen LogP contribution in [0, 0.1) is 0 Å². The number of carbonyl (C=O) groups excluding carboxylic acids is 1. The number of anilines is 1. The second-order valence-electron chi connectivity index (χ2n) is 6.80. The van der Waals surface area contributed by atoms with Gasteiger partial charge in [-0.1, -0.05) is 6.07 Å². The van der Waals surface area contributed by atoms with Crippen LogP contribution in [0.2, 0.25) is 0 Å². The van der Waals surface area contributed by atoms with Crippen molar-refractivity contribution in [1.82, 2.24) is 0 Å². The van der Waals surface area contributed by atoms with Crippen molar-refractivity contribution in [2.24, 2.45) is 0 Å². The first-order valence-corrected chi connectivity index (χ1v) is 10.9. The SMILES string of the molecule is COC(=O)c1cc(OC)c(OC)c(OC)c1NS(=O)(=O)c1ccc2c(c1)CCCC2. The second kappa shape index (κ2) is 8.83. The number of hydrogen-bond acceptors (Lipinski definition) is 7. The number of benzene rings is 2. The lowest BCUT2D eigenvalue weighted by Crippen LogP contribution is -2.18. The number of methoxy groups -OCH3 is 4. The smallest absolute Gasteiger partial charge is 0.340 e. The highest BCUT2D eigenvalue weighted by Crippen LogP contribution is 2.46. The van der Waals surface area contributed by atoms with Crippen LogP contribution in [0.4, 0.5) is 5.69 Å². The third-order valence-corrected chi connectivity index (χ3v) is 6.45. The number of fused-ring (bicyclic) bond motifs is 1. The molecule has 0 aliphatic heterocycles. The van der Waals surface area contributed by atoms with Crippen LogP contribution in [0.15, 0.2) is 29.2 Å². The van der Waals surface area contributed by atoms with Crippen molar-refractivity contribution in [3.8, 4) is 17.2 Å². The second-order valence-corrected chi connectivity index (χ2v) is 8.48. The van der Waals surface area contributed by atoms with Crippen molar-refractivity contribution >= 4 is 21.7 Å². The number of nitrogens with one attached hydrogen (secondary N) is 1. The Bertz CT molecular complexity index is 1060. The van der Waals surface area contributed by atoms with E-state index < -0.39 is 16.0 Å². The first kappa shape index (κ1) is 21.8. The Balaban J connectivity index is 2.13. The lowest BCUT2D eigenvalue weighted by Gasteiger charge is -2.20. The zero-order chi connectivity index (χ0) is 21.9. The molecule has 8 nitrogen and oxygen atoms in total. The zero-order valence-electron chi connectivity index (χ0n) is 17.4. The Morgan fingerprint density at radius 3 is 2.17 bits per heavy atom. The molecule has 0 saturated heterocycles. The van der Waals surface area contributed by atoms with E-state index in [1.165, 1.54) is 40.1 Å². The summed E-state index contributed by atoms with van der Waals surface area (Å²) in [6.45, 7) is 0. The summed E-state index contributed by atoms with van der Waals surface area (Å²) >= 11 is 0. The van der Waals surface area contributed by atoms with E-state index in [1.54, 1.807) is 12.1 Å². The molecule has 30 heavy (non-hydrogen) atoms. The molecule has 1 aliphatic rings. The molecule has 0 unspecified atom stereocenters. The Hall–Kier alpha value is -2.94. The highest BCUT2D eigenvalue weighted by atomic mass is 32.2. The average molecular weight is 435 g/mol. The summed E-state index contributed by atoms with van der Waals surface area (Å²) in [5.41, 5.74) is 2.05. The van der Waals surface area contributed by atoms with Gasteiger partial charge in [-0.2, -0.15) is 0 Å². The number of esters is 1. The van der Waals surface area contributed by atoms with Crippen molar-refractivity contribution in [3.63, 3.8) is 0 Å². The fraction of sp³-hybridized carbons (Fsp3) is 0.381. The quantitative estimate of drug-likeness (QED) is 0.667. The third kappa shape index (κ3) is 4.02. The summed E-state index contributed by atoms with van der Waals surface area (Å²) in [6.07, 6.45) is 3.91. The Labute approximate surface area is 176 Å². The summed E-state index contributed by atoms with van der Waals surface area (Å²) < 4.78 is 49.6. The van der Waals surface area contributed by atoms with Gasteiger partial charge in [-0.05, 0) is 48.9 Å². The lowest BCUT2D eigenvalue weighted by atomic mass is 9.92. The average Bonchev–Trinajstić information content (AvgIpc) is 2.77. The molecule has 9 heteroatoms. The molecule has 0 atom stereocenters. The number of hydrogen-bond donors (Lipinski definition) is 1. The predicted molar refractivity (Wildman–Crippen MR) is 111 cm³/mol. The van der Waals surface area contributed by atoms with Crippen LogP contribution < -0.4 is 18.9 Å². The molecule has 3 rings (SSSR count). The van der Waals surface area contributed by atoms with E-state index in [9.17, 15) is 13.2 Å². The Morgan fingerprint density at radius 2 is 1.57 bits per heavy atom. The molecule has 0 bridgehead atoms. The van der Waals surface area contributed by atoms with Gasteiger partial charge >= 0.3 is 5.97 Å². The normalized spacial score (nSPS) is 13.2. The number of sulfonamides is 1. The summed E-state index contributed by atoms with van der Waals surface area (Å²) in [7, 11) is 1.31. The molecule has 0 fully saturated rings. The van der Waals surface area contributed by atoms with E-state index in [1.807, 2.05) is 6.07 Å². The van der Waals surface area contributed by atoms with Crippen LogP contribution in [-0.4, -0.2) is 42.8 Å². The molecule has 162 valence electrons. The standard InChI is InChI=1S/C21H25NO7S/c1-26-17-12-16(21(23)29-4)18(20(28-3)19(17)27-2)22-30(24,25)15-10-9-13-7-5-6-8-14(13)11-15/h9-12,22H,5-8H2,1-4H3. The van der Waals surface area contributed by atoms with Gasteiger partial charge in [-0.3, -0.25) is 4.72 Å². The van der Waals surface area contributed by atoms with Crippen molar-refractivity contribution in [2.45, 2.75) is 30.6 Å².